The first kappa shape index (κ1) is 56.8. The van der Waals surface area contributed by atoms with Crippen LogP contribution in [0.25, 0.3) is 0 Å². The Bertz CT molecular complexity index is 921. The molecule has 0 aliphatic heterocycles. The fourth-order valence-electron chi connectivity index (χ4n) is 8.12. The SMILES string of the molecule is CC(C)CCC(CCCOC(=O)CCCCCCCCCC(CCCCCCCCCC(O)OCCCC(CCC(C)C)C(C)C)OC(=O)CCCN(C)C)C(C)C. The smallest absolute Gasteiger partial charge is 0.306 e. The summed E-state index contributed by atoms with van der Waals surface area (Å²) in [6.45, 7) is 20.6. The molecule has 0 bridgehead atoms. The summed E-state index contributed by atoms with van der Waals surface area (Å²) in [5.74, 6) is 4.32. The average molecular weight is 824 g/mol. The van der Waals surface area contributed by atoms with E-state index < -0.39 is 6.29 Å². The van der Waals surface area contributed by atoms with Crippen LogP contribution in [0, 0.1) is 35.5 Å². The van der Waals surface area contributed by atoms with Gasteiger partial charge >= 0.3 is 11.9 Å². The minimum Gasteiger partial charge on any atom is -0.466 e. The number of aliphatic hydroxyl groups is 1. The third-order valence-electron chi connectivity index (χ3n) is 12.3. The molecule has 7 nitrogen and oxygen atoms in total. The summed E-state index contributed by atoms with van der Waals surface area (Å²) in [6, 6.07) is 0. The second kappa shape index (κ2) is 38.7. The third-order valence-corrected chi connectivity index (χ3v) is 12.3. The van der Waals surface area contributed by atoms with Crippen molar-refractivity contribution in [3.63, 3.8) is 0 Å². The summed E-state index contributed by atoms with van der Waals surface area (Å²) < 4.78 is 17.3. The Kier molecular flexibility index (Phi) is 37.9. The molecule has 4 unspecified atom stereocenters. The standard InChI is InChI=1S/C51H101NO6/c1-42(2)35-37-46(44(5)6)28-26-40-56-49(53)32-23-19-15-11-13-17-21-30-48(58-51(55)34-25-39-52(9)10)31-22-18-14-12-16-20-24-33-50(54)57-41-27-29-47(45(7)8)38-36-43(3)4/h42-49,53H,11-41H2,1-10H3. The van der Waals surface area contributed by atoms with E-state index in [2.05, 4.69) is 60.3 Å². The summed E-state index contributed by atoms with van der Waals surface area (Å²) in [6.07, 6.45) is 29.4. The van der Waals surface area contributed by atoms with Crippen molar-refractivity contribution >= 4 is 11.9 Å². The molecule has 0 radical (unpaired) electrons. The van der Waals surface area contributed by atoms with E-state index in [0.29, 0.717) is 37.9 Å². The molecule has 0 heterocycles. The van der Waals surface area contributed by atoms with Crippen LogP contribution in [0.5, 0.6) is 0 Å². The Morgan fingerprint density at radius 3 is 1.36 bits per heavy atom. The van der Waals surface area contributed by atoms with Crippen LogP contribution < -0.4 is 0 Å². The molecule has 4 atom stereocenters. The van der Waals surface area contributed by atoms with Crippen LogP contribution in [-0.4, -0.2) is 68.2 Å². The highest BCUT2D eigenvalue weighted by Crippen LogP contribution is 2.26. The van der Waals surface area contributed by atoms with E-state index in [0.717, 1.165) is 120 Å². The van der Waals surface area contributed by atoms with Crippen molar-refractivity contribution < 1.29 is 28.9 Å². The number of unbranched alkanes of at least 4 members (excludes halogenated alkanes) is 12. The Balaban J connectivity index is 4.15. The second-order valence-electron chi connectivity index (χ2n) is 19.9. The van der Waals surface area contributed by atoms with E-state index in [1.54, 1.807) is 0 Å². The molecule has 0 rings (SSSR count). The number of nitrogens with zero attached hydrogens (tertiary/aromatic N) is 1. The van der Waals surface area contributed by atoms with E-state index in [1.807, 2.05) is 14.1 Å². The molecule has 0 aromatic carbocycles. The molecule has 0 aromatic heterocycles. The third kappa shape index (κ3) is 37.8. The van der Waals surface area contributed by atoms with Crippen LogP contribution >= 0.6 is 0 Å². The molecule has 0 aromatic rings. The van der Waals surface area contributed by atoms with Crippen molar-refractivity contribution in [1.29, 1.82) is 0 Å². The van der Waals surface area contributed by atoms with Gasteiger partial charge < -0.3 is 24.2 Å². The number of carbonyl (C=O) groups is 2. The first-order valence-electron chi connectivity index (χ1n) is 25.0. The minimum absolute atomic E-state index is 0.0314. The number of carbonyl (C=O) groups excluding carboxylic acids is 2. The second-order valence-corrected chi connectivity index (χ2v) is 19.9. The molecular weight excluding hydrogens is 723 g/mol. The molecule has 0 amide bonds. The number of hydrogen-bond donors (Lipinski definition) is 1. The molecule has 0 spiro atoms. The maximum Gasteiger partial charge on any atom is 0.306 e. The van der Waals surface area contributed by atoms with E-state index in [1.165, 1.54) is 77.0 Å². The number of aliphatic hydroxyl groups excluding tert-OH is 1. The van der Waals surface area contributed by atoms with Gasteiger partial charge in [0, 0.05) is 19.4 Å². The van der Waals surface area contributed by atoms with Gasteiger partial charge in [0.1, 0.15) is 6.10 Å². The van der Waals surface area contributed by atoms with Crippen molar-refractivity contribution in [2.45, 2.75) is 248 Å². The predicted molar refractivity (Wildman–Crippen MR) is 247 cm³/mol. The quantitative estimate of drug-likeness (QED) is 0.0373. The Morgan fingerprint density at radius 2 is 0.897 bits per heavy atom. The fourth-order valence-corrected chi connectivity index (χ4v) is 8.12. The van der Waals surface area contributed by atoms with E-state index in [4.69, 9.17) is 14.2 Å². The van der Waals surface area contributed by atoms with E-state index in [9.17, 15) is 14.7 Å². The maximum absolute atomic E-state index is 12.6. The van der Waals surface area contributed by atoms with Gasteiger partial charge in [0.25, 0.3) is 0 Å². The Morgan fingerprint density at radius 1 is 0.466 bits per heavy atom. The zero-order valence-electron chi connectivity index (χ0n) is 40.5. The molecule has 0 aliphatic carbocycles. The monoisotopic (exact) mass is 824 g/mol. The lowest BCUT2D eigenvalue weighted by molar-refractivity contribution is -0.150. The zero-order valence-corrected chi connectivity index (χ0v) is 40.5. The van der Waals surface area contributed by atoms with Crippen molar-refractivity contribution in [1.82, 2.24) is 4.90 Å². The highest BCUT2D eigenvalue weighted by molar-refractivity contribution is 5.69. The van der Waals surface area contributed by atoms with Crippen LogP contribution in [0.4, 0.5) is 0 Å². The van der Waals surface area contributed by atoms with Gasteiger partial charge in [0.15, 0.2) is 6.29 Å². The lowest BCUT2D eigenvalue weighted by Crippen LogP contribution is -2.20. The number of esters is 2. The van der Waals surface area contributed by atoms with Crippen molar-refractivity contribution in [3.8, 4) is 0 Å². The van der Waals surface area contributed by atoms with Gasteiger partial charge in [-0.2, -0.15) is 0 Å². The van der Waals surface area contributed by atoms with Gasteiger partial charge in [-0.25, -0.2) is 0 Å². The van der Waals surface area contributed by atoms with Crippen LogP contribution in [0.1, 0.15) is 235 Å². The average Bonchev–Trinajstić information content (AvgIpc) is 3.14. The van der Waals surface area contributed by atoms with Crippen LogP contribution in [0.2, 0.25) is 0 Å². The molecule has 0 aliphatic rings. The number of ether oxygens (including phenoxy) is 3. The van der Waals surface area contributed by atoms with E-state index >= 15 is 0 Å². The van der Waals surface area contributed by atoms with Crippen LogP contribution in [0.3, 0.4) is 0 Å². The van der Waals surface area contributed by atoms with Gasteiger partial charge in [-0.05, 0) is 146 Å². The first-order valence-corrected chi connectivity index (χ1v) is 25.0. The van der Waals surface area contributed by atoms with Gasteiger partial charge in [-0.15, -0.1) is 0 Å². The lowest BCUT2D eigenvalue weighted by Gasteiger charge is -2.22. The molecule has 0 saturated carbocycles. The summed E-state index contributed by atoms with van der Waals surface area (Å²) in [4.78, 5) is 27.0. The summed E-state index contributed by atoms with van der Waals surface area (Å²) >= 11 is 0. The molecular formula is C51H101NO6. The maximum atomic E-state index is 12.6. The molecule has 7 heteroatoms. The van der Waals surface area contributed by atoms with Crippen molar-refractivity contribution in [3.05, 3.63) is 0 Å². The first-order chi connectivity index (χ1) is 27.7. The highest BCUT2D eigenvalue weighted by atomic mass is 16.6. The van der Waals surface area contributed by atoms with Crippen molar-refractivity contribution in [2.24, 2.45) is 35.5 Å². The molecule has 58 heavy (non-hydrogen) atoms. The lowest BCUT2D eigenvalue weighted by atomic mass is 9.85. The highest BCUT2D eigenvalue weighted by Gasteiger charge is 2.17. The summed E-state index contributed by atoms with van der Waals surface area (Å²) in [5, 5.41) is 10.3. The van der Waals surface area contributed by atoms with Gasteiger partial charge in [-0.1, -0.05) is 132 Å². The van der Waals surface area contributed by atoms with Gasteiger partial charge in [0.2, 0.25) is 0 Å². The normalized spacial score (nSPS) is 14.2. The van der Waals surface area contributed by atoms with Crippen molar-refractivity contribution in [2.75, 3.05) is 33.9 Å². The molecule has 1 N–H and O–H groups in total. The molecule has 0 fully saturated rings. The Hall–Kier alpha value is -1.18. The largest absolute Gasteiger partial charge is 0.466 e. The van der Waals surface area contributed by atoms with Gasteiger partial charge in [0.05, 0.1) is 6.61 Å². The molecule has 346 valence electrons. The van der Waals surface area contributed by atoms with Gasteiger partial charge in [-0.3, -0.25) is 9.59 Å². The van der Waals surface area contributed by atoms with E-state index in [-0.39, 0.29) is 18.0 Å². The zero-order chi connectivity index (χ0) is 43.4. The summed E-state index contributed by atoms with van der Waals surface area (Å²) in [7, 11) is 4.08. The molecule has 0 saturated heterocycles. The van der Waals surface area contributed by atoms with Crippen LogP contribution in [0.15, 0.2) is 0 Å². The fraction of sp³-hybridized carbons (Fsp3) is 0.961. The summed E-state index contributed by atoms with van der Waals surface area (Å²) in [5.41, 5.74) is 0. The predicted octanol–water partition coefficient (Wildman–Crippen LogP) is 14.1. The topological polar surface area (TPSA) is 85.3 Å². The van der Waals surface area contributed by atoms with Crippen LogP contribution in [-0.2, 0) is 23.8 Å². The Labute approximate surface area is 361 Å². The number of rotatable bonds is 42. The number of hydrogen-bond acceptors (Lipinski definition) is 7. The minimum atomic E-state index is -0.625.